The van der Waals surface area contributed by atoms with Crippen molar-refractivity contribution in [3.8, 4) is 22.9 Å². The van der Waals surface area contributed by atoms with E-state index in [2.05, 4.69) is 20.8 Å². The lowest BCUT2D eigenvalue weighted by Gasteiger charge is -2.24. The van der Waals surface area contributed by atoms with Gasteiger partial charge in [0.1, 0.15) is 0 Å². The van der Waals surface area contributed by atoms with Crippen LogP contribution in [0.4, 0.5) is 11.4 Å². The molecule has 4 aliphatic rings. The number of hydrogen-bond acceptors (Lipinski definition) is 7. The number of benzene rings is 2. The Labute approximate surface area is 274 Å². The molecule has 0 bridgehead atoms. The number of carbonyl (C=O) groups excluding carboxylic acids is 4. The van der Waals surface area contributed by atoms with E-state index in [0.29, 0.717) is 60.7 Å². The minimum Gasteiger partial charge on any atom is -0.416 e. The van der Waals surface area contributed by atoms with Crippen molar-refractivity contribution in [2.75, 3.05) is 23.7 Å². The molecule has 2 atom stereocenters. The van der Waals surface area contributed by atoms with E-state index in [9.17, 15) is 19.2 Å². The van der Waals surface area contributed by atoms with Crippen LogP contribution in [0, 0.1) is 11.8 Å². The highest BCUT2D eigenvalue weighted by molar-refractivity contribution is 5.92. The maximum Gasteiger partial charge on any atom is 0.248 e. The summed E-state index contributed by atoms with van der Waals surface area (Å²) >= 11 is 0. The number of carbonyl (C=O) groups is 4. The maximum absolute atomic E-state index is 12.8. The Kier molecular flexibility index (Phi) is 9.04. The number of nitrogens with zero attached hydrogens (tertiary/aromatic N) is 4. The van der Waals surface area contributed by atoms with Crippen LogP contribution in [-0.4, -0.2) is 68.8 Å². The van der Waals surface area contributed by atoms with Crippen molar-refractivity contribution < 1.29 is 23.6 Å². The summed E-state index contributed by atoms with van der Waals surface area (Å²) in [5, 5.41) is 14.3. The SMILES string of the molecule is O=C(C[C@@H]1CCCN1C(=O)CC1CC1)Nc1ccc(-c2nnc(-c3ccc(NC(=O)C[C@@H]4CCCN4C(=O)CC4CC4)cc3)o2)cc1. The zero-order valence-corrected chi connectivity index (χ0v) is 26.7. The van der Waals surface area contributed by atoms with Gasteiger partial charge in [-0.05, 0) is 112 Å². The van der Waals surface area contributed by atoms with Crippen molar-refractivity contribution >= 4 is 35.0 Å². The van der Waals surface area contributed by atoms with Crippen LogP contribution in [0.1, 0.15) is 77.0 Å². The molecule has 11 heteroatoms. The number of likely N-dealkylation sites (tertiary alicyclic amines) is 2. The van der Waals surface area contributed by atoms with Gasteiger partial charge in [-0.25, -0.2) is 0 Å². The third-order valence-corrected chi connectivity index (χ3v) is 9.81. The Morgan fingerprint density at radius 1 is 0.596 bits per heavy atom. The highest BCUT2D eigenvalue weighted by Crippen LogP contribution is 2.35. The Balaban J connectivity index is 0.892. The molecule has 2 saturated heterocycles. The minimum absolute atomic E-state index is 0.0289. The maximum atomic E-state index is 12.8. The highest BCUT2D eigenvalue weighted by atomic mass is 16.4. The molecule has 3 heterocycles. The molecular formula is C36H42N6O5. The Hall–Kier alpha value is -4.54. The van der Waals surface area contributed by atoms with Crippen LogP contribution < -0.4 is 10.6 Å². The molecule has 4 amide bonds. The summed E-state index contributed by atoms with van der Waals surface area (Å²) in [4.78, 5) is 54.6. The molecule has 11 nitrogen and oxygen atoms in total. The molecule has 1 aromatic heterocycles. The van der Waals surface area contributed by atoms with Crippen LogP contribution in [-0.2, 0) is 19.2 Å². The molecule has 2 saturated carbocycles. The summed E-state index contributed by atoms with van der Waals surface area (Å²) in [7, 11) is 0. The molecule has 2 N–H and O–H groups in total. The lowest BCUT2D eigenvalue weighted by Crippen LogP contribution is -2.37. The molecule has 2 aliphatic carbocycles. The number of anilines is 2. The van der Waals surface area contributed by atoms with Crippen LogP contribution >= 0.6 is 0 Å². The lowest BCUT2D eigenvalue weighted by atomic mass is 10.1. The fraction of sp³-hybridized carbons (Fsp3) is 0.500. The summed E-state index contributed by atoms with van der Waals surface area (Å²) in [6, 6.07) is 14.4. The fourth-order valence-electron chi connectivity index (χ4n) is 6.83. The third kappa shape index (κ3) is 7.89. The van der Waals surface area contributed by atoms with E-state index in [1.165, 1.54) is 0 Å². The second kappa shape index (κ2) is 13.7. The number of hydrogen-bond donors (Lipinski definition) is 2. The zero-order valence-electron chi connectivity index (χ0n) is 26.7. The van der Waals surface area contributed by atoms with Crippen molar-refractivity contribution in [2.45, 2.75) is 89.1 Å². The van der Waals surface area contributed by atoms with Crippen molar-refractivity contribution in [3.63, 3.8) is 0 Å². The van der Waals surface area contributed by atoms with Crippen LogP contribution in [0.2, 0.25) is 0 Å². The van der Waals surface area contributed by atoms with Gasteiger partial charge in [0.2, 0.25) is 35.4 Å². The summed E-state index contributed by atoms with van der Waals surface area (Å²) in [5.41, 5.74) is 2.76. The van der Waals surface area contributed by atoms with Crippen LogP contribution in [0.3, 0.4) is 0 Å². The van der Waals surface area contributed by atoms with Gasteiger partial charge in [-0.1, -0.05) is 0 Å². The standard InChI is InChI=1S/C36H42N6O5/c43-31(21-29-3-1-17-41(29)33(45)19-23-5-6-23)37-27-13-9-25(10-14-27)35-39-40-36(47-35)26-11-15-28(16-12-26)38-32(44)22-30-4-2-18-42(30)34(46)20-24-7-8-24/h9-16,23-24,29-30H,1-8,17-22H2,(H,37,43)(H,38,44)/t29-,30-/m0/s1. The summed E-state index contributed by atoms with van der Waals surface area (Å²) in [5.74, 6) is 1.95. The molecule has 47 heavy (non-hydrogen) atoms. The summed E-state index contributed by atoms with van der Waals surface area (Å²) in [6.45, 7) is 1.49. The normalized spacial score (nSPS) is 20.8. The smallest absolute Gasteiger partial charge is 0.248 e. The number of aromatic nitrogens is 2. The van der Waals surface area contributed by atoms with E-state index in [1.54, 1.807) is 24.3 Å². The quantitative estimate of drug-likeness (QED) is 0.262. The van der Waals surface area contributed by atoms with Crippen molar-refractivity contribution in [2.24, 2.45) is 11.8 Å². The van der Waals surface area contributed by atoms with Crippen molar-refractivity contribution in [1.82, 2.24) is 20.0 Å². The number of amides is 4. The molecule has 7 rings (SSSR count). The van der Waals surface area contributed by atoms with E-state index in [0.717, 1.165) is 75.6 Å². The van der Waals surface area contributed by atoms with Gasteiger partial charge < -0.3 is 24.9 Å². The van der Waals surface area contributed by atoms with Crippen molar-refractivity contribution in [3.05, 3.63) is 48.5 Å². The molecule has 2 aliphatic heterocycles. The molecule has 2 aromatic carbocycles. The summed E-state index contributed by atoms with van der Waals surface area (Å²) in [6.07, 6.45) is 10.0. The largest absolute Gasteiger partial charge is 0.416 e. The van der Waals surface area contributed by atoms with E-state index in [-0.39, 0.29) is 35.7 Å². The van der Waals surface area contributed by atoms with Crippen LogP contribution in [0.5, 0.6) is 0 Å². The average Bonchev–Trinajstić information content (AvgIpc) is 3.87. The molecule has 0 radical (unpaired) electrons. The van der Waals surface area contributed by atoms with E-state index >= 15 is 0 Å². The van der Waals surface area contributed by atoms with E-state index in [1.807, 2.05) is 34.1 Å². The first kappa shape index (κ1) is 31.1. The van der Waals surface area contributed by atoms with Crippen molar-refractivity contribution in [1.29, 1.82) is 0 Å². The molecule has 0 unspecified atom stereocenters. The summed E-state index contributed by atoms with van der Waals surface area (Å²) < 4.78 is 5.94. The van der Waals surface area contributed by atoms with Gasteiger partial charge in [-0.3, -0.25) is 19.2 Å². The zero-order chi connectivity index (χ0) is 32.3. The second-order valence-electron chi connectivity index (χ2n) is 13.6. The first-order valence-corrected chi connectivity index (χ1v) is 17.1. The first-order chi connectivity index (χ1) is 22.9. The molecular weight excluding hydrogens is 596 g/mol. The third-order valence-electron chi connectivity index (χ3n) is 9.81. The predicted molar refractivity (Wildman–Crippen MR) is 176 cm³/mol. The van der Waals surface area contributed by atoms with Gasteiger partial charge in [0, 0.05) is 73.4 Å². The lowest BCUT2D eigenvalue weighted by molar-refractivity contribution is -0.134. The van der Waals surface area contributed by atoms with Gasteiger partial charge in [0.15, 0.2) is 0 Å². The minimum atomic E-state index is -0.104. The molecule has 4 fully saturated rings. The second-order valence-corrected chi connectivity index (χ2v) is 13.6. The predicted octanol–water partition coefficient (Wildman–Crippen LogP) is 5.64. The van der Waals surface area contributed by atoms with E-state index in [4.69, 9.17) is 4.42 Å². The topological polar surface area (TPSA) is 138 Å². The monoisotopic (exact) mass is 638 g/mol. The average molecular weight is 639 g/mol. The Morgan fingerprint density at radius 3 is 1.38 bits per heavy atom. The molecule has 0 spiro atoms. The van der Waals surface area contributed by atoms with Gasteiger partial charge in [-0.2, -0.15) is 0 Å². The number of rotatable bonds is 12. The van der Waals surface area contributed by atoms with Crippen LogP contribution in [0.25, 0.3) is 22.9 Å². The Bertz CT molecular complexity index is 1490. The van der Waals surface area contributed by atoms with E-state index < -0.39 is 0 Å². The van der Waals surface area contributed by atoms with Gasteiger partial charge in [-0.15, -0.1) is 10.2 Å². The van der Waals surface area contributed by atoms with Crippen LogP contribution in [0.15, 0.2) is 52.9 Å². The first-order valence-electron chi connectivity index (χ1n) is 17.1. The number of nitrogens with one attached hydrogen (secondary N) is 2. The van der Waals surface area contributed by atoms with Gasteiger partial charge >= 0.3 is 0 Å². The Morgan fingerprint density at radius 2 is 1.00 bits per heavy atom. The molecule has 246 valence electrons. The molecule has 3 aromatic rings. The highest BCUT2D eigenvalue weighted by Gasteiger charge is 2.35. The van der Waals surface area contributed by atoms with Gasteiger partial charge in [0.05, 0.1) is 0 Å². The fourth-order valence-corrected chi connectivity index (χ4v) is 6.83. The van der Waals surface area contributed by atoms with Gasteiger partial charge in [0.25, 0.3) is 0 Å².